The number of nitrogens with one attached hydrogen (secondary N) is 2. The van der Waals surface area contributed by atoms with Crippen molar-refractivity contribution in [2.75, 3.05) is 13.1 Å². The van der Waals surface area contributed by atoms with Gasteiger partial charge in [-0.05, 0) is 67.2 Å². The number of hydrogen-bond acceptors (Lipinski definition) is 4. The Hall–Kier alpha value is -0.860. The van der Waals surface area contributed by atoms with Crippen LogP contribution < -0.4 is 9.44 Å². The molecule has 1 saturated heterocycles. The van der Waals surface area contributed by atoms with Gasteiger partial charge >= 0.3 is 6.09 Å². The molecule has 0 aliphatic carbocycles. The lowest BCUT2D eigenvalue weighted by atomic mass is 10.1. The predicted molar refractivity (Wildman–Crippen MR) is 99.6 cm³/mol. The molecule has 0 bridgehead atoms. The van der Waals surface area contributed by atoms with E-state index in [1.807, 2.05) is 41.5 Å². The van der Waals surface area contributed by atoms with Gasteiger partial charge in [0.1, 0.15) is 5.60 Å². The van der Waals surface area contributed by atoms with E-state index in [0.29, 0.717) is 19.5 Å². The van der Waals surface area contributed by atoms with Crippen LogP contribution in [0.1, 0.15) is 73.6 Å². The molecule has 1 heterocycles. The first kappa shape index (κ1) is 22.2. The maximum Gasteiger partial charge on any atom is 0.410 e. The minimum absolute atomic E-state index is 0.113. The Morgan fingerprint density at radius 3 is 2.12 bits per heavy atom. The van der Waals surface area contributed by atoms with Gasteiger partial charge < -0.3 is 9.64 Å². The van der Waals surface area contributed by atoms with E-state index in [4.69, 9.17) is 4.74 Å². The Labute approximate surface area is 153 Å². The number of hydrogen-bond donors (Lipinski definition) is 2. The van der Waals surface area contributed by atoms with Gasteiger partial charge in [0.05, 0.1) is 0 Å². The maximum atomic E-state index is 12.2. The van der Waals surface area contributed by atoms with E-state index in [9.17, 15) is 13.2 Å². The first-order valence-electron chi connectivity index (χ1n) is 9.07. The molecule has 0 aromatic carbocycles. The lowest BCUT2D eigenvalue weighted by Crippen LogP contribution is -2.49. The average Bonchev–Trinajstić information content (AvgIpc) is 2.45. The summed E-state index contributed by atoms with van der Waals surface area (Å²) in [4.78, 5) is 14.0. The van der Waals surface area contributed by atoms with Gasteiger partial charge in [0.25, 0.3) is 10.2 Å². The van der Waals surface area contributed by atoms with Gasteiger partial charge in [0.15, 0.2) is 0 Å². The van der Waals surface area contributed by atoms with Crippen molar-refractivity contribution < 1.29 is 17.9 Å². The van der Waals surface area contributed by atoms with E-state index in [2.05, 4.69) is 9.44 Å². The molecular weight excluding hydrogens is 342 g/mol. The minimum Gasteiger partial charge on any atom is -0.444 e. The number of carbonyl (C=O) groups is 1. The van der Waals surface area contributed by atoms with Crippen molar-refractivity contribution in [3.05, 3.63) is 0 Å². The standard InChI is InChI=1S/C17H35N3O4S/c1-16(2,3)19-25(22,23)18-14-10-7-8-12-20(13-9-11-14)15(21)24-17(4,5)6/h14,18-19H,7-13H2,1-6H3/t14-/m1/s1. The van der Waals surface area contributed by atoms with Crippen LogP contribution >= 0.6 is 0 Å². The molecule has 0 saturated carbocycles. The Kier molecular flexibility index (Phi) is 7.71. The SMILES string of the molecule is CC(C)(C)NS(=O)(=O)N[C@@H]1CCCCN(C(=O)OC(C)(C)C)CCC1. The van der Waals surface area contributed by atoms with Gasteiger partial charge in [0, 0.05) is 24.7 Å². The highest BCUT2D eigenvalue weighted by Crippen LogP contribution is 2.16. The van der Waals surface area contributed by atoms with Gasteiger partial charge in [-0.15, -0.1) is 0 Å². The van der Waals surface area contributed by atoms with Crippen LogP contribution in [0.4, 0.5) is 4.79 Å². The molecule has 0 aromatic heterocycles. The average molecular weight is 378 g/mol. The summed E-state index contributed by atoms with van der Waals surface area (Å²) in [6.45, 7) is 12.2. The Morgan fingerprint density at radius 1 is 1.00 bits per heavy atom. The summed E-state index contributed by atoms with van der Waals surface area (Å²) in [5.74, 6) is 0. The molecule has 0 radical (unpaired) electrons. The molecule has 1 aliphatic heterocycles. The first-order valence-corrected chi connectivity index (χ1v) is 10.5. The third-order valence-corrected chi connectivity index (χ3v) is 5.15. The molecule has 1 atom stereocenters. The zero-order chi connectivity index (χ0) is 19.3. The summed E-state index contributed by atoms with van der Waals surface area (Å²) in [5.41, 5.74) is -1.02. The summed E-state index contributed by atoms with van der Waals surface area (Å²) in [5, 5.41) is 0. The van der Waals surface area contributed by atoms with Crippen molar-refractivity contribution in [3.63, 3.8) is 0 Å². The van der Waals surface area contributed by atoms with Crippen molar-refractivity contribution in [1.29, 1.82) is 0 Å². The van der Waals surface area contributed by atoms with E-state index in [-0.39, 0.29) is 12.1 Å². The van der Waals surface area contributed by atoms with E-state index < -0.39 is 21.3 Å². The zero-order valence-corrected chi connectivity index (χ0v) is 17.3. The third kappa shape index (κ3) is 10.0. The molecule has 1 fully saturated rings. The fourth-order valence-electron chi connectivity index (χ4n) is 2.76. The van der Waals surface area contributed by atoms with Gasteiger partial charge in [-0.25, -0.2) is 4.79 Å². The van der Waals surface area contributed by atoms with Crippen LogP contribution in [0.2, 0.25) is 0 Å². The van der Waals surface area contributed by atoms with E-state index in [1.54, 1.807) is 4.90 Å². The van der Waals surface area contributed by atoms with Crippen LogP contribution in [-0.2, 0) is 14.9 Å². The van der Waals surface area contributed by atoms with Crippen molar-refractivity contribution in [2.24, 2.45) is 0 Å². The molecule has 1 amide bonds. The maximum absolute atomic E-state index is 12.2. The fourth-order valence-corrected chi connectivity index (χ4v) is 4.30. The minimum atomic E-state index is -3.54. The van der Waals surface area contributed by atoms with E-state index in [1.165, 1.54) is 0 Å². The molecule has 8 heteroatoms. The number of ether oxygens (including phenoxy) is 1. The second kappa shape index (κ2) is 8.68. The van der Waals surface area contributed by atoms with E-state index in [0.717, 1.165) is 25.7 Å². The summed E-state index contributed by atoms with van der Waals surface area (Å²) >= 11 is 0. The summed E-state index contributed by atoms with van der Waals surface area (Å²) in [7, 11) is -3.54. The zero-order valence-electron chi connectivity index (χ0n) is 16.5. The fraction of sp³-hybridized carbons (Fsp3) is 0.941. The molecule has 7 nitrogen and oxygen atoms in total. The van der Waals surface area contributed by atoms with Crippen molar-refractivity contribution in [1.82, 2.24) is 14.3 Å². The van der Waals surface area contributed by atoms with Crippen LogP contribution in [0.3, 0.4) is 0 Å². The van der Waals surface area contributed by atoms with E-state index >= 15 is 0 Å². The Balaban J connectivity index is 2.60. The lowest BCUT2D eigenvalue weighted by Gasteiger charge is -2.27. The smallest absolute Gasteiger partial charge is 0.410 e. The molecule has 1 aliphatic rings. The number of amides is 1. The summed E-state index contributed by atoms with van der Waals surface area (Å²) < 4.78 is 35.3. The highest BCUT2D eigenvalue weighted by Gasteiger charge is 2.26. The largest absolute Gasteiger partial charge is 0.444 e. The quantitative estimate of drug-likeness (QED) is 0.792. The molecule has 1 rings (SSSR count). The molecule has 0 aromatic rings. The van der Waals surface area contributed by atoms with Gasteiger partial charge in [0.2, 0.25) is 0 Å². The first-order chi connectivity index (χ1) is 11.3. The number of rotatable bonds is 3. The molecule has 2 N–H and O–H groups in total. The Bertz CT molecular complexity index is 535. The topological polar surface area (TPSA) is 87.7 Å². The van der Waals surface area contributed by atoms with Crippen molar-refractivity contribution in [2.45, 2.75) is 90.8 Å². The van der Waals surface area contributed by atoms with Crippen LogP contribution in [0.25, 0.3) is 0 Å². The predicted octanol–water partition coefficient (Wildman–Crippen LogP) is 2.78. The molecule has 148 valence electrons. The second-order valence-electron chi connectivity index (χ2n) is 8.78. The molecule has 0 unspecified atom stereocenters. The number of carbonyl (C=O) groups excluding carboxylic acids is 1. The highest BCUT2D eigenvalue weighted by atomic mass is 32.2. The monoisotopic (exact) mass is 377 g/mol. The van der Waals surface area contributed by atoms with Crippen LogP contribution in [0, 0.1) is 0 Å². The van der Waals surface area contributed by atoms with Crippen molar-refractivity contribution >= 4 is 16.3 Å². The summed E-state index contributed by atoms with van der Waals surface area (Å²) in [6, 6.07) is -0.113. The normalized spacial score (nSPS) is 21.2. The lowest BCUT2D eigenvalue weighted by molar-refractivity contribution is 0.0246. The Morgan fingerprint density at radius 2 is 1.56 bits per heavy atom. The van der Waals surface area contributed by atoms with Gasteiger partial charge in [-0.2, -0.15) is 17.9 Å². The summed E-state index contributed by atoms with van der Waals surface area (Å²) in [6.07, 6.45) is 3.62. The number of nitrogens with zero attached hydrogens (tertiary/aromatic N) is 1. The van der Waals surface area contributed by atoms with Crippen LogP contribution in [0.5, 0.6) is 0 Å². The van der Waals surface area contributed by atoms with Crippen LogP contribution in [-0.4, -0.2) is 49.7 Å². The van der Waals surface area contributed by atoms with Gasteiger partial charge in [-0.1, -0.05) is 6.42 Å². The molecular formula is C17H35N3O4S. The highest BCUT2D eigenvalue weighted by molar-refractivity contribution is 7.87. The van der Waals surface area contributed by atoms with Gasteiger partial charge in [-0.3, -0.25) is 0 Å². The van der Waals surface area contributed by atoms with Crippen molar-refractivity contribution in [3.8, 4) is 0 Å². The molecule has 25 heavy (non-hydrogen) atoms. The third-order valence-electron chi connectivity index (χ3n) is 3.63. The molecule has 0 spiro atoms. The second-order valence-corrected chi connectivity index (χ2v) is 10.2. The van der Waals surface area contributed by atoms with Crippen LogP contribution in [0.15, 0.2) is 0 Å².